The zero-order chi connectivity index (χ0) is 88.1. The Morgan fingerprint density at radius 1 is 0.451 bits per heavy atom. The van der Waals surface area contributed by atoms with Gasteiger partial charge in [0.15, 0.2) is 0 Å². The summed E-state index contributed by atoms with van der Waals surface area (Å²) in [6, 6.07) is 3.18. The van der Waals surface area contributed by atoms with Crippen LogP contribution in [0, 0.1) is 0 Å². The van der Waals surface area contributed by atoms with Crippen LogP contribution in [-0.4, -0.2) is 376 Å². The molecule has 0 atom stereocenters. The molecule has 0 aliphatic carbocycles. The summed E-state index contributed by atoms with van der Waals surface area (Å²) in [5.41, 5.74) is -1.68. The minimum absolute atomic E-state index is 0.00440. The third-order valence-corrected chi connectivity index (χ3v) is 18.0. The number of ether oxygens (including phenoxy) is 23. The number of imide groups is 1. The summed E-state index contributed by atoms with van der Waals surface area (Å²) in [5.74, 6) is -1.80. The van der Waals surface area contributed by atoms with E-state index in [0.29, 0.717) is 402 Å². The van der Waals surface area contributed by atoms with Crippen molar-refractivity contribution in [1.29, 1.82) is 0 Å². The number of alkyl halides is 3. The first kappa shape index (κ1) is 111. The van der Waals surface area contributed by atoms with Crippen molar-refractivity contribution < 1.29 is 170 Å². The SMILES string of the molecule is C=O.COCCOCCOCCOCCOCCOCCOCCOCCOCCOCCOCCOCCOCCOCCOCCOCCOCCOCCOCCOCCOCCOCCOCCCN(CCCCCC(=O)ON1C(=O)CCC1=O)C(=O)CCCCCN1c2cc3oc(=O)cc(C(F)(F)F)c3cc2C(CSOO[O-])=CC1(C)C. The van der Waals surface area contributed by atoms with E-state index in [1.54, 1.807) is 12.0 Å². The average Bonchev–Trinajstić information content (AvgIpc) is 0.806. The molecule has 706 valence electrons. The molecule has 41 heteroatoms. The number of hydrogen-bond acceptors (Lipinski definition) is 36. The summed E-state index contributed by atoms with van der Waals surface area (Å²) in [5, 5.41) is 14.3. The fraction of sp³-hybridized carbons (Fsp3) is 0.802. The molecule has 0 unspecified atom stereocenters. The van der Waals surface area contributed by atoms with E-state index in [1.807, 2.05) is 31.6 Å². The van der Waals surface area contributed by atoms with Gasteiger partial charge in [-0.2, -0.15) is 17.5 Å². The van der Waals surface area contributed by atoms with Crippen LogP contribution >= 0.6 is 12.0 Å². The zero-order valence-electron chi connectivity index (χ0n) is 71.7. The van der Waals surface area contributed by atoms with E-state index in [1.165, 1.54) is 12.1 Å². The van der Waals surface area contributed by atoms with Crippen LogP contribution in [0.2, 0.25) is 0 Å². The van der Waals surface area contributed by atoms with E-state index in [0.717, 1.165) is 0 Å². The second-order valence-electron chi connectivity index (χ2n) is 27.1. The second kappa shape index (κ2) is 77.0. The molecule has 4 rings (SSSR count). The highest BCUT2D eigenvalue weighted by Crippen LogP contribution is 2.45. The molecule has 37 nitrogen and oxygen atoms in total. The van der Waals surface area contributed by atoms with Gasteiger partial charge in [0.05, 0.1) is 302 Å². The number of nitrogens with zero attached hydrogens (tertiary/aromatic N) is 3. The van der Waals surface area contributed by atoms with E-state index in [-0.39, 0.29) is 48.3 Å². The third kappa shape index (κ3) is 57.5. The van der Waals surface area contributed by atoms with Crippen molar-refractivity contribution in [2.45, 2.75) is 96.2 Å². The van der Waals surface area contributed by atoms with Crippen molar-refractivity contribution in [3.63, 3.8) is 0 Å². The van der Waals surface area contributed by atoms with Crippen molar-refractivity contribution in [2.24, 2.45) is 0 Å². The highest BCUT2D eigenvalue weighted by molar-refractivity contribution is 7.95. The number of rotatable bonds is 87. The monoisotopic (exact) mass is 1780 g/mol. The maximum absolute atomic E-state index is 14.2. The molecule has 0 bridgehead atoms. The Kier molecular flexibility index (Phi) is 70.1. The average molecular weight is 1780 g/mol. The fourth-order valence-corrected chi connectivity index (χ4v) is 11.9. The van der Waals surface area contributed by atoms with Crippen LogP contribution < -0.4 is 15.8 Å². The Balaban J connectivity index is 0.0000191. The largest absolute Gasteiger partial charge is 0.691 e. The van der Waals surface area contributed by atoms with Gasteiger partial charge in [-0.3, -0.25) is 19.4 Å². The van der Waals surface area contributed by atoms with Gasteiger partial charge in [0.2, 0.25) is 5.91 Å². The first-order valence-corrected chi connectivity index (χ1v) is 42.7. The smallest absolute Gasteiger partial charge is 0.417 e. The maximum atomic E-state index is 14.2. The van der Waals surface area contributed by atoms with Gasteiger partial charge in [-0.05, 0) is 57.6 Å². The normalized spacial score (nSPS) is 13.4. The standard InChI is InChI=1S/C80H134F3N3O33S.CH2O/c1-79(2)66-68(67-120-119-118-92)69-63-70-71(80(81,82)83)64-78(91)116-73(70)65-72(69)85(79)17-9-4-6-11-74(87)84(15-8-5-7-12-77(90)117-86-75(88)13-14-76(86)89)16-10-18-94-21-22-96-25-26-98-29-30-100-33-34-102-37-38-104-41-42-106-45-46-108-49-50-110-53-54-112-57-58-114-61-62-115-60-59-113-56-55-111-52-51-109-48-47-107-44-43-105-40-39-103-36-35-101-32-31-99-28-27-97-24-23-95-20-19-93-3;1-2/h63-66,92H,4-62,67H2,1-3H3;1H2/p-1. The van der Waals surface area contributed by atoms with Crippen molar-refractivity contribution in [1.82, 2.24) is 9.96 Å². The van der Waals surface area contributed by atoms with Crippen molar-refractivity contribution in [2.75, 3.05) is 335 Å². The van der Waals surface area contributed by atoms with Crippen LogP contribution in [0.5, 0.6) is 0 Å². The van der Waals surface area contributed by atoms with Crippen molar-refractivity contribution >= 4 is 64.8 Å². The van der Waals surface area contributed by atoms with Crippen molar-refractivity contribution in [3.8, 4) is 0 Å². The Morgan fingerprint density at radius 2 is 0.779 bits per heavy atom. The zero-order valence-corrected chi connectivity index (χ0v) is 72.5. The number of halogens is 3. The second-order valence-corrected chi connectivity index (χ2v) is 27.7. The number of amides is 3. The van der Waals surface area contributed by atoms with Crippen LogP contribution in [0.3, 0.4) is 0 Å². The molecule has 0 radical (unpaired) electrons. The van der Waals surface area contributed by atoms with E-state index in [4.69, 9.17) is 123 Å². The minimum Gasteiger partial charge on any atom is -0.691 e. The first-order chi connectivity index (χ1) is 59.7. The van der Waals surface area contributed by atoms with Crippen LogP contribution in [0.4, 0.5) is 18.9 Å². The number of anilines is 1. The summed E-state index contributed by atoms with van der Waals surface area (Å²) in [6.45, 7) is 27.6. The number of fused-ring (bicyclic) bond motifs is 2. The number of hydrogen-bond donors (Lipinski definition) is 0. The number of methoxy groups -OCH3 is 1. The number of unbranched alkanes of at least 4 members (excludes halogenated alkanes) is 4. The molecule has 122 heavy (non-hydrogen) atoms. The molecule has 3 heterocycles. The highest BCUT2D eigenvalue weighted by atomic mass is 32.2. The lowest BCUT2D eigenvalue weighted by atomic mass is 9.87. The molecule has 1 saturated heterocycles. The lowest BCUT2D eigenvalue weighted by Crippen LogP contribution is -2.46. The van der Waals surface area contributed by atoms with Gasteiger partial charge in [-0.25, -0.2) is 9.59 Å². The summed E-state index contributed by atoms with van der Waals surface area (Å²) in [7, 11) is 1.64. The quantitative estimate of drug-likeness (QED) is 0.0199. The number of carbonyl (C=O) groups excluding carboxylic acids is 5. The summed E-state index contributed by atoms with van der Waals surface area (Å²) in [4.78, 5) is 79.0. The van der Waals surface area contributed by atoms with E-state index >= 15 is 0 Å². The summed E-state index contributed by atoms with van der Waals surface area (Å²) < 4.78 is 179. The third-order valence-electron chi connectivity index (χ3n) is 17.4. The lowest BCUT2D eigenvalue weighted by Gasteiger charge is -2.44. The maximum Gasteiger partial charge on any atom is 0.417 e. The molecular weight excluding hydrogens is 1650 g/mol. The summed E-state index contributed by atoms with van der Waals surface area (Å²) in [6.07, 6.45) is 1.13. The van der Waals surface area contributed by atoms with Gasteiger partial charge in [0, 0.05) is 106 Å². The Hall–Kier alpha value is -5.18. The molecule has 1 aromatic heterocycles. The van der Waals surface area contributed by atoms with Crippen LogP contribution in [0.15, 0.2) is 33.5 Å². The molecule has 0 saturated carbocycles. The highest BCUT2D eigenvalue weighted by Gasteiger charge is 2.38. The molecule has 0 spiro atoms. The van der Waals surface area contributed by atoms with Crippen LogP contribution in [0.1, 0.15) is 95.6 Å². The topological polar surface area (TPSA) is 388 Å². The molecule has 1 aromatic carbocycles. The molecule has 2 aliphatic heterocycles. The van der Waals surface area contributed by atoms with E-state index in [9.17, 15) is 42.4 Å². The molecular formula is C81H135F3N3O34S-. The number of carbonyl (C=O) groups is 5. The number of benzene rings is 1. The molecule has 1 fully saturated rings. The molecule has 2 aromatic rings. The van der Waals surface area contributed by atoms with E-state index < -0.39 is 40.7 Å². The summed E-state index contributed by atoms with van der Waals surface area (Å²) >= 11 is 0.679. The van der Waals surface area contributed by atoms with Crippen molar-refractivity contribution in [3.05, 3.63) is 45.8 Å². The first-order valence-electron chi connectivity index (χ1n) is 41.8. The van der Waals surface area contributed by atoms with Gasteiger partial charge in [-0.15, -0.1) is 5.06 Å². The Bertz CT molecular complexity index is 2980. The van der Waals surface area contributed by atoms with Gasteiger partial charge in [0.1, 0.15) is 12.4 Å². The van der Waals surface area contributed by atoms with Gasteiger partial charge in [-0.1, -0.05) is 18.9 Å². The molecule has 2 aliphatic rings. The van der Waals surface area contributed by atoms with Gasteiger partial charge < -0.3 is 138 Å². The molecule has 0 N–H and O–H groups in total. The lowest BCUT2D eigenvalue weighted by molar-refractivity contribution is -0.777. The number of hydroxylamine groups is 2. The fourth-order valence-electron chi connectivity index (χ4n) is 11.5. The van der Waals surface area contributed by atoms with Crippen LogP contribution in [-0.2, 0) is 153 Å². The minimum atomic E-state index is -4.84. The van der Waals surface area contributed by atoms with Gasteiger partial charge in [0.25, 0.3) is 11.8 Å². The Morgan fingerprint density at radius 3 is 1.12 bits per heavy atom. The molecule has 3 amide bonds. The predicted molar refractivity (Wildman–Crippen MR) is 434 cm³/mol. The Labute approximate surface area is 718 Å². The van der Waals surface area contributed by atoms with E-state index in [2.05, 4.69) is 9.37 Å². The van der Waals surface area contributed by atoms with Gasteiger partial charge >= 0.3 is 17.8 Å². The predicted octanol–water partition coefficient (Wildman–Crippen LogP) is 5.44. The van der Waals surface area contributed by atoms with Crippen LogP contribution in [0.25, 0.3) is 16.5 Å².